The number of nitriles is 1. The second kappa shape index (κ2) is 6.06. The van der Waals surface area contributed by atoms with Crippen LogP contribution in [0.5, 0.6) is 0 Å². The average Bonchev–Trinajstić information content (AvgIpc) is 2.36. The Bertz CT molecular complexity index is 807. The number of hydrogen-bond acceptors (Lipinski definition) is 3. The Hall–Kier alpha value is -2.19. The Balaban J connectivity index is 2.22. The fraction of sp³-hybridized carbons (Fsp3) is 0.188. The lowest BCUT2D eigenvalue weighted by Gasteiger charge is -2.06. The van der Waals surface area contributed by atoms with E-state index in [2.05, 4.69) is 0 Å². The molecule has 0 aliphatic carbocycles. The van der Waals surface area contributed by atoms with Crippen molar-refractivity contribution in [3.8, 4) is 6.07 Å². The van der Waals surface area contributed by atoms with E-state index in [0.717, 1.165) is 17.7 Å². The van der Waals surface area contributed by atoms with Gasteiger partial charge >= 0.3 is 0 Å². The molecule has 0 bridgehead atoms. The SMILES string of the molecule is Cc1cccc(CS(=O)(=O)Cc2cc(F)cc(C#N)c2)c1. The Morgan fingerprint density at radius 1 is 1.10 bits per heavy atom. The highest BCUT2D eigenvalue weighted by Gasteiger charge is 2.14. The van der Waals surface area contributed by atoms with Crippen LogP contribution >= 0.6 is 0 Å². The molecule has 0 aliphatic heterocycles. The van der Waals surface area contributed by atoms with Gasteiger partial charge in [0.15, 0.2) is 9.84 Å². The van der Waals surface area contributed by atoms with Crippen LogP contribution in [0.3, 0.4) is 0 Å². The van der Waals surface area contributed by atoms with Gasteiger partial charge < -0.3 is 0 Å². The van der Waals surface area contributed by atoms with Crippen LogP contribution in [0.4, 0.5) is 4.39 Å². The van der Waals surface area contributed by atoms with E-state index in [1.165, 1.54) is 6.07 Å². The van der Waals surface area contributed by atoms with Gasteiger partial charge in [0.25, 0.3) is 0 Å². The van der Waals surface area contributed by atoms with Crippen molar-refractivity contribution in [1.29, 1.82) is 5.26 Å². The minimum absolute atomic E-state index is 0.104. The molecule has 0 spiro atoms. The van der Waals surface area contributed by atoms with Crippen LogP contribution in [0.2, 0.25) is 0 Å². The molecule has 0 saturated heterocycles. The predicted molar refractivity (Wildman–Crippen MR) is 78.6 cm³/mol. The van der Waals surface area contributed by atoms with Gasteiger partial charge in [-0.15, -0.1) is 0 Å². The zero-order valence-corrected chi connectivity index (χ0v) is 12.3. The van der Waals surface area contributed by atoms with Crippen molar-refractivity contribution in [3.63, 3.8) is 0 Å². The summed E-state index contributed by atoms with van der Waals surface area (Å²) in [4.78, 5) is 0. The topological polar surface area (TPSA) is 57.9 Å². The van der Waals surface area contributed by atoms with Gasteiger partial charge in [0.05, 0.1) is 23.1 Å². The second-order valence-corrected chi connectivity index (χ2v) is 7.05. The third-order valence-electron chi connectivity index (χ3n) is 2.94. The molecule has 0 aliphatic rings. The van der Waals surface area contributed by atoms with Crippen LogP contribution in [0, 0.1) is 24.1 Å². The van der Waals surface area contributed by atoms with E-state index in [0.29, 0.717) is 11.1 Å². The molecule has 2 aromatic rings. The second-order valence-electron chi connectivity index (χ2n) is 4.98. The number of rotatable bonds is 4. The smallest absolute Gasteiger partial charge is 0.158 e. The van der Waals surface area contributed by atoms with Crippen LogP contribution < -0.4 is 0 Å². The normalized spacial score (nSPS) is 11.1. The highest BCUT2D eigenvalue weighted by atomic mass is 32.2. The minimum atomic E-state index is -3.42. The zero-order chi connectivity index (χ0) is 15.5. The van der Waals surface area contributed by atoms with Crippen LogP contribution in [0.15, 0.2) is 42.5 Å². The fourth-order valence-corrected chi connectivity index (χ4v) is 3.62. The summed E-state index contributed by atoms with van der Waals surface area (Å²) in [6, 6.07) is 12.7. The first-order chi connectivity index (χ1) is 9.88. The van der Waals surface area contributed by atoms with Gasteiger partial charge in [0, 0.05) is 0 Å². The molecule has 5 heteroatoms. The van der Waals surface area contributed by atoms with Crippen molar-refractivity contribution in [2.24, 2.45) is 0 Å². The summed E-state index contributed by atoms with van der Waals surface area (Å²) >= 11 is 0. The van der Waals surface area contributed by atoms with Gasteiger partial charge in [0.2, 0.25) is 0 Å². The number of halogens is 1. The lowest BCUT2D eigenvalue weighted by molar-refractivity contribution is 0.594. The molecular formula is C16H14FNO2S. The molecule has 0 atom stereocenters. The number of aryl methyl sites for hydroxylation is 1. The maximum Gasteiger partial charge on any atom is 0.158 e. The van der Waals surface area contributed by atoms with Gasteiger partial charge in [-0.1, -0.05) is 29.8 Å². The fourth-order valence-electron chi connectivity index (χ4n) is 2.16. The van der Waals surface area contributed by atoms with Crippen molar-refractivity contribution in [3.05, 3.63) is 70.5 Å². The molecule has 108 valence electrons. The van der Waals surface area contributed by atoms with E-state index in [9.17, 15) is 12.8 Å². The number of nitrogens with zero attached hydrogens (tertiary/aromatic N) is 1. The van der Waals surface area contributed by atoms with Crippen molar-refractivity contribution >= 4 is 9.84 Å². The number of hydrogen-bond donors (Lipinski definition) is 0. The summed E-state index contributed by atoms with van der Waals surface area (Å²) in [7, 11) is -3.42. The van der Waals surface area contributed by atoms with Crippen molar-refractivity contribution < 1.29 is 12.8 Å². The summed E-state index contributed by atoms with van der Waals surface area (Å²) in [6.45, 7) is 1.89. The third kappa shape index (κ3) is 4.40. The van der Waals surface area contributed by atoms with Crippen LogP contribution in [0.1, 0.15) is 22.3 Å². The largest absolute Gasteiger partial charge is 0.228 e. The molecule has 0 amide bonds. The molecule has 0 aromatic heterocycles. The molecular weight excluding hydrogens is 289 g/mol. The van der Waals surface area contributed by atoms with E-state index in [4.69, 9.17) is 5.26 Å². The summed E-state index contributed by atoms with van der Waals surface area (Å²) in [5.41, 5.74) is 2.10. The first-order valence-electron chi connectivity index (χ1n) is 6.33. The first-order valence-corrected chi connectivity index (χ1v) is 8.16. The van der Waals surface area contributed by atoms with Gasteiger partial charge in [0.1, 0.15) is 5.82 Å². The molecule has 0 unspecified atom stereocenters. The van der Waals surface area contributed by atoms with E-state index in [-0.39, 0.29) is 17.1 Å². The molecule has 0 heterocycles. The van der Waals surface area contributed by atoms with Gasteiger partial charge in [-0.2, -0.15) is 5.26 Å². The first kappa shape index (κ1) is 15.2. The van der Waals surface area contributed by atoms with Gasteiger partial charge in [-0.25, -0.2) is 12.8 Å². The molecule has 2 aromatic carbocycles. The molecule has 0 N–H and O–H groups in total. The van der Waals surface area contributed by atoms with Crippen molar-refractivity contribution in [2.75, 3.05) is 0 Å². The van der Waals surface area contributed by atoms with Crippen molar-refractivity contribution in [1.82, 2.24) is 0 Å². The zero-order valence-electron chi connectivity index (χ0n) is 11.5. The summed E-state index contributed by atoms with van der Waals surface area (Å²) in [5, 5.41) is 8.78. The van der Waals surface area contributed by atoms with E-state index in [1.54, 1.807) is 12.1 Å². The van der Waals surface area contributed by atoms with Gasteiger partial charge in [-0.3, -0.25) is 0 Å². The lowest BCUT2D eigenvalue weighted by Crippen LogP contribution is -2.08. The van der Waals surface area contributed by atoms with Gasteiger partial charge in [-0.05, 0) is 36.2 Å². The monoisotopic (exact) mass is 303 g/mol. The molecule has 0 saturated carbocycles. The Kier molecular flexibility index (Phi) is 4.39. The molecule has 2 rings (SSSR count). The quantitative estimate of drug-likeness (QED) is 0.872. The third-order valence-corrected chi connectivity index (χ3v) is 4.49. The predicted octanol–water partition coefficient (Wildman–Crippen LogP) is 3.12. The standard InChI is InChI=1S/C16H14FNO2S/c1-12-3-2-4-13(5-12)10-21(19,20)11-15-6-14(9-18)7-16(17)8-15/h2-8H,10-11H2,1H3. The summed E-state index contributed by atoms with van der Waals surface area (Å²) < 4.78 is 37.7. The highest BCUT2D eigenvalue weighted by molar-refractivity contribution is 7.89. The maximum absolute atomic E-state index is 13.3. The van der Waals surface area contributed by atoms with Crippen LogP contribution in [0.25, 0.3) is 0 Å². The Morgan fingerprint density at radius 2 is 1.81 bits per heavy atom. The maximum atomic E-state index is 13.3. The molecule has 3 nitrogen and oxygen atoms in total. The number of sulfone groups is 1. The Labute approximate surface area is 123 Å². The molecule has 0 fully saturated rings. The molecule has 0 radical (unpaired) electrons. The summed E-state index contributed by atoms with van der Waals surface area (Å²) in [5.74, 6) is -0.990. The lowest BCUT2D eigenvalue weighted by atomic mass is 10.1. The minimum Gasteiger partial charge on any atom is -0.228 e. The highest BCUT2D eigenvalue weighted by Crippen LogP contribution is 2.16. The van der Waals surface area contributed by atoms with E-state index in [1.807, 2.05) is 25.1 Å². The van der Waals surface area contributed by atoms with E-state index >= 15 is 0 Å². The van der Waals surface area contributed by atoms with Crippen LogP contribution in [-0.4, -0.2) is 8.42 Å². The Morgan fingerprint density at radius 3 is 2.48 bits per heavy atom. The average molecular weight is 303 g/mol. The van der Waals surface area contributed by atoms with E-state index < -0.39 is 15.7 Å². The number of benzene rings is 2. The summed E-state index contributed by atoms with van der Waals surface area (Å²) in [6.07, 6.45) is 0. The van der Waals surface area contributed by atoms with Crippen molar-refractivity contribution in [2.45, 2.75) is 18.4 Å². The van der Waals surface area contributed by atoms with Crippen LogP contribution in [-0.2, 0) is 21.3 Å². The molecule has 21 heavy (non-hydrogen) atoms.